The lowest BCUT2D eigenvalue weighted by Crippen LogP contribution is -2.01. The van der Waals surface area contributed by atoms with Crippen molar-refractivity contribution in [2.75, 3.05) is 7.11 Å². The molecule has 0 aliphatic rings. The summed E-state index contributed by atoms with van der Waals surface area (Å²) >= 11 is 0. The summed E-state index contributed by atoms with van der Waals surface area (Å²) in [7, 11) is 1.64. The van der Waals surface area contributed by atoms with Crippen LogP contribution in [0.2, 0.25) is 0 Å². The van der Waals surface area contributed by atoms with Crippen molar-refractivity contribution in [2.45, 2.75) is 19.8 Å². The Hall–Kier alpha value is -2.80. The number of rotatable bonds is 3. The van der Waals surface area contributed by atoms with Gasteiger partial charge in [-0.05, 0) is 38.1 Å². The number of ether oxygens (including phenoxy) is 1. The van der Waals surface area contributed by atoms with Gasteiger partial charge in [-0.3, -0.25) is 4.40 Å². The van der Waals surface area contributed by atoms with Crippen molar-refractivity contribution in [3.63, 3.8) is 0 Å². The van der Waals surface area contributed by atoms with Crippen LogP contribution in [0.5, 0.6) is 5.75 Å². The van der Waals surface area contributed by atoms with Crippen LogP contribution in [0.3, 0.4) is 0 Å². The van der Waals surface area contributed by atoms with Crippen LogP contribution in [0.4, 0.5) is 0 Å². The molecule has 1 aromatic carbocycles. The van der Waals surface area contributed by atoms with Gasteiger partial charge in [0.15, 0.2) is 0 Å². The SMILES string of the molecule is COc1cccc(-c2nc3cccc(C)n3c2C(C)C#N)c1. The zero-order chi connectivity index (χ0) is 15.7. The third kappa shape index (κ3) is 2.21. The van der Waals surface area contributed by atoms with Gasteiger partial charge in [0, 0.05) is 11.3 Å². The second kappa shape index (κ2) is 5.53. The molecule has 0 spiro atoms. The molecule has 0 saturated carbocycles. The van der Waals surface area contributed by atoms with E-state index in [0.29, 0.717) is 0 Å². The second-order valence-electron chi connectivity index (χ2n) is 5.29. The first-order valence-electron chi connectivity index (χ1n) is 7.17. The van der Waals surface area contributed by atoms with E-state index in [1.54, 1.807) is 7.11 Å². The van der Waals surface area contributed by atoms with Crippen LogP contribution in [-0.4, -0.2) is 16.5 Å². The lowest BCUT2D eigenvalue weighted by atomic mass is 10.0. The van der Waals surface area contributed by atoms with E-state index in [0.717, 1.165) is 34.0 Å². The number of hydrogen-bond donors (Lipinski definition) is 0. The number of aryl methyl sites for hydroxylation is 1. The second-order valence-corrected chi connectivity index (χ2v) is 5.29. The van der Waals surface area contributed by atoms with E-state index in [1.165, 1.54) is 0 Å². The van der Waals surface area contributed by atoms with Gasteiger partial charge in [0.2, 0.25) is 0 Å². The Morgan fingerprint density at radius 2 is 2.00 bits per heavy atom. The summed E-state index contributed by atoms with van der Waals surface area (Å²) < 4.78 is 7.36. The van der Waals surface area contributed by atoms with Crippen LogP contribution >= 0.6 is 0 Å². The van der Waals surface area contributed by atoms with Gasteiger partial charge in [-0.2, -0.15) is 5.26 Å². The molecule has 2 heterocycles. The first-order chi connectivity index (χ1) is 10.7. The van der Waals surface area contributed by atoms with Crippen molar-refractivity contribution in [1.82, 2.24) is 9.38 Å². The first kappa shape index (κ1) is 14.2. The molecule has 110 valence electrons. The fourth-order valence-electron chi connectivity index (χ4n) is 2.72. The van der Waals surface area contributed by atoms with Crippen molar-refractivity contribution >= 4 is 5.65 Å². The minimum absolute atomic E-state index is 0.252. The summed E-state index contributed by atoms with van der Waals surface area (Å²) in [4.78, 5) is 4.74. The largest absolute Gasteiger partial charge is 0.497 e. The maximum atomic E-state index is 9.41. The molecular weight excluding hydrogens is 274 g/mol. The van der Waals surface area contributed by atoms with Gasteiger partial charge in [-0.15, -0.1) is 0 Å². The lowest BCUT2D eigenvalue weighted by molar-refractivity contribution is 0.415. The number of benzene rings is 1. The molecular formula is C18H17N3O. The van der Waals surface area contributed by atoms with Crippen LogP contribution < -0.4 is 4.74 Å². The molecule has 0 radical (unpaired) electrons. The van der Waals surface area contributed by atoms with Gasteiger partial charge in [0.25, 0.3) is 0 Å². The van der Waals surface area contributed by atoms with Gasteiger partial charge < -0.3 is 4.74 Å². The van der Waals surface area contributed by atoms with Crippen molar-refractivity contribution in [1.29, 1.82) is 5.26 Å². The van der Waals surface area contributed by atoms with Crippen LogP contribution in [-0.2, 0) is 0 Å². The third-order valence-electron chi connectivity index (χ3n) is 3.82. The number of imidazole rings is 1. The third-order valence-corrected chi connectivity index (χ3v) is 3.82. The van der Waals surface area contributed by atoms with E-state index in [-0.39, 0.29) is 5.92 Å². The zero-order valence-electron chi connectivity index (χ0n) is 12.9. The fraction of sp³-hybridized carbons (Fsp3) is 0.222. The maximum Gasteiger partial charge on any atom is 0.137 e. The number of pyridine rings is 1. The summed E-state index contributed by atoms with van der Waals surface area (Å²) in [5.41, 5.74) is 4.64. The lowest BCUT2D eigenvalue weighted by Gasteiger charge is -2.09. The first-order valence-corrected chi connectivity index (χ1v) is 7.17. The van der Waals surface area contributed by atoms with Crippen molar-refractivity contribution < 1.29 is 4.74 Å². The van der Waals surface area contributed by atoms with E-state index in [1.807, 2.05) is 56.3 Å². The predicted molar refractivity (Wildman–Crippen MR) is 85.9 cm³/mol. The Morgan fingerprint density at radius 3 is 2.73 bits per heavy atom. The molecule has 4 heteroatoms. The van der Waals surface area contributed by atoms with Crippen molar-refractivity contribution in [3.05, 3.63) is 53.9 Å². The maximum absolute atomic E-state index is 9.41. The minimum atomic E-state index is -0.252. The van der Waals surface area contributed by atoms with Gasteiger partial charge >= 0.3 is 0 Å². The molecule has 1 atom stereocenters. The minimum Gasteiger partial charge on any atom is -0.497 e. The van der Waals surface area contributed by atoms with Gasteiger partial charge in [0.1, 0.15) is 11.4 Å². The molecule has 0 bridgehead atoms. The Kier molecular flexibility index (Phi) is 3.56. The summed E-state index contributed by atoms with van der Waals surface area (Å²) in [5, 5.41) is 9.41. The smallest absolute Gasteiger partial charge is 0.137 e. The number of hydrogen-bond acceptors (Lipinski definition) is 3. The molecule has 3 aromatic rings. The predicted octanol–water partition coefficient (Wildman–Crippen LogP) is 3.95. The quantitative estimate of drug-likeness (QED) is 0.734. The van der Waals surface area contributed by atoms with Crippen LogP contribution in [0.15, 0.2) is 42.5 Å². The molecule has 0 fully saturated rings. The highest BCUT2D eigenvalue weighted by atomic mass is 16.5. The molecule has 4 nitrogen and oxygen atoms in total. The summed E-state index contributed by atoms with van der Waals surface area (Å²) in [5.74, 6) is 0.527. The molecule has 0 aliphatic carbocycles. The Morgan fingerprint density at radius 1 is 1.23 bits per heavy atom. The van der Waals surface area contributed by atoms with Crippen LogP contribution in [0, 0.1) is 18.3 Å². The molecule has 3 rings (SSSR count). The molecule has 0 saturated heterocycles. The van der Waals surface area contributed by atoms with E-state index < -0.39 is 0 Å². The summed E-state index contributed by atoms with van der Waals surface area (Å²) in [6.07, 6.45) is 0. The van der Waals surface area contributed by atoms with Crippen molar-refractivity contribution in [2.24, 2.45) is 0 Å². The fourth-order valence-corrected chi connectivity index (χ4v) is 2.72. The molecule has 0 aliphatic heterocycles. The van der Waals surface area contributed by atoms with Gasteiger partial charge in [-0.1, -0.05) is 18.2 Å². The van der Waals surface area contributed by atoms with Crippen molar-refractivity contribution in [3.8, 4) is 23.1 Å². The van der Waals surface area contributed by atoms with Crippen LogP contribution in [0.1, 0.15) is 24.2 Å². The molecule has 0 amide bonds. The monoisotopic (exact) mass is 291 g/mol. The average Bonchev–Trinajstić information content (AvgIpc) is 2.95. The van der Waals surface area contributed by atoms with E-state index in [2.05, 4.69) is 10.5 Å². The number of aromatic nitrogens is 2. The Balaban J connectivity index is 2.33. The van der Waals surface area contributed by atoms with E-state index in [4.69, 9.17) is 9.72 Å². The normalized spacial score (nSPS) is 12.1. The Bertz CT molecular complexity index is 874. The Labute approximate surface area is 129 Å². The number of nitrogens with zero attached hydrogens (tertiary/aromatic N) is 3. The highest BCUT2D eigenvalue weighted by Gasteiger charge is 2.20. The number of nitriles is 1. The average molecular weight is 291 g/mol. The molecule has 1 unspecified atom stereocenters. The van der Waals surface area contributed by atoms with E-state index in [9.17, 15) is 5.26 Å². The number of methoxy groups -OCH3 is 1. The molecule has 2 aromatic heterocycles. The standard InChI is InChI=1S/C18H17N3O/c1-12(11-19)18-17(14-7-5-8-15(10-14)22-3)20-16-9-4-6-13(2)21(16)18/h4-10,12H,1-3H3. The highest BCUT2D eigenvalue weighted by Crippen LogP contribution is 2.32. The van der Waals surface area contributed by atoms with Crippen LogP contribution in [0.25, 0.3) is 16.9 Å². The summed E-state index contributed by atoms with van der Waals surface area (Å²) in [6.45, 7) is 3.93. The van der Waals surface area contributed by atoms with Gasteiger partial charge in [-0.25, -0.2) is 4.98 Å². The van der Waals surface area contributed by atoms with Gasteiger partial charge in [0.05, 0.1) is 30.5 Å². The topological polar surface area (TPSA) is 50.3 Å². The number of fused-ring (bicyclic) bond motifs is 1. The summed E-state index contributed by atoms with van der Waals surface area (Å²) in [6, 6.07) is 16.1. The molecule has 0 N–H and O–H groups in total. The van der Waals surface area contributed by atoms with E-state index >= 15 is 0 Å². The molecule has 22 heavy (non-hydrogen) atoms. The zero-order valence-corrected chi connectivity index (χ0v) is 12.9. The highest BCUT2D eigenvalue weighted by molar-refractivity contribution is 5.69.